The van der Waals surface area contributed by atoms with Crippen LogP contribution in [0.2, 0.25) is 0 Å². The quantitative estimate of drug-likeness (QED) is 0.742. The van der Waals surface area contributed by atoms with Gasteiger partial charge in [-0.1, -0.05) is 0 Å². The fraction of sp³-hybridized carbons (Fsp3) is 0.765. The van der Waals surface area contributed by atoms with Gasteiger partial charge in [0.2, 0.25) is 0 Å². The van der Waals surface area contributed by atoms with E-state index in [1.165, 1.54) is 19.2 Å². The molecule has 4 rings (SSSR count). The number of hydrogen-bond donors (Lipinski definition) is 0. The molecule has 0 aromatic carbocycles. The van der Waals surface area contributed by atoms with Gasteiger partial charge in [-0.2, -0.15) is 0 Å². The van der Waals surface area contributed by atoms with Crippen molar-refractivity contribution in [2.45, 2.75) is 24.0 Å². The molecule has 1 aromatic heterocycles. The Hall–Kier alpha value is -1.41. The molecule has 0 N–H and O–H groups in total. The summed E-state index contributed by atoms with van der Waals surface area (Å²) in [5.41, 5.74) is 0. The number of nitrogens with zero attached hydrogens (tertiary/aromatic N) is 4. The SMILES string of the molecule is CN(C)c1cc(N2CC3(C2)[C@H](COCC2CC2)CCS3(=O)=O)ncn1. The first-order chi connectivity index (χ1) is 11.9. The third-order valence-corrected chi connectivity index (χ3v) is 8.41. The molecule has 0 unspecified atom stereocenters. The highest BCUT2D eigenvalue weighted by Gasteiger charge is 2.61. The molecular weight excluding hydrogens is 340 g/mol. The summed E-state index contributed by atoms with van der Waals surface area (Å²) in [5, 5.41) is 0. The minimum Gasteiger partial charge on any atom is -0.381 e. The van der Waals surface area contributed by atoms with Gasteiger partial charge in [0.05, 0.1) is 12.4 Å². The zero-order valence-electron chi connectivity index (χ0n) is 14.9. The molecule has 1 aliphatic carbocycles. The molecule has 8 heteroatoms. The van der Waals surface area contributed by atoms with Gasteiger partial charge in [0.15, 0.2) is 9.84 Å². The normalized spacial score (nSPS) is 26.6. The lowest BCUT2D eigenvalue weighted by Gasteiger charge is -2.50. The van der Waals surface area contributed by atoms with E-state index >= 15 is 0 Å². The fourth-order valence-electron chi connectivity index (χ4n) is 3.89. The van der Waals surface area contributed by atoms with Crippen LogP contribution in [0.5, 0.6) is 0 Å². The number of sulfone groups is 1. The zero-order chi connectivity index (χ0) is 17.7. The van der Waals surface area contributed by atoms with Gasteiger partial charge in [0.25, 0.3) is 0 Å². The highest BCUT2D eigenvalue weighted by Crippen LogP contribution is 2.46. The van der Waals surface area contributed by atoms with Crippen molar-refractivity contribution in [3.63, 3.8) is 0 Å². The van der Waals surface area contributed by atoms with Crippen molar-refractivity contribution in [2.24, 2.45) is 11.8 Å². The Kier molecular flexibility index (Phi) is 4.15. The van der Waals surface area contributed by atoms with Gasteiger partial charge < -0.3 is 14.5 Å². The lowest BCUT2D eigenvalue weighted by molar-refractivity contribution is 0.0730. The third-order valence-electron chi connectivity index (χ3n) is 5.81. The summed E-state index contributed by atoms with van der Waals surface area (Å²) in [6.07, 6.45) is 4.76. The molecule has 25 heavy (non-hydrogen) atoms. The average Bonchev–Trinajstić information content (AvgIpc) is 3.30. The van der Waals surface area contributed by atoms with E-state index in [1.54, 1.807) is 0 Å². The van der Waals surface area contributed by atoms with Crippen LogP contribution in [0.1, 0.15) is 19.3 Å². The molecule has 0 amide bonds. The van der Waals surface area contributed by atoms with Crippen LogP contribution in [0.25, 0.3) is 0 Å². The Labute approximate surface area is 149 Å². The highest BCUT2D eigenvalue weighted by molar-refractivity contribution is 7.93. The summed E-state index contributed by atoms with van der Waals surface area (Å²) in [4.78, 5) is 12.5. The minimum absolute atomic E-state index is 0.0997. The van der Waals surface area contributed by atoms with Gasteiger partial charge in [-0.3, -0.25) is 0 Å². The van der Waals surface area contributed by atoms with Gasteiger partial charge in [0.1, 0.15) is 22.7 Å². The lowest BCUT2D eigenvalue weighted by atomic mass is 9.83. The second-order valence-corrected chi connectivity index (χ2v) is 10.3. The van der Waals surface area contributed by atoms with Gasteiger partial charge in [-0.25, -0.2) is 18.4 Å². The van der Waals surface area contributed by atoms with Crippen molar-refractivity contribution in [2.75, 3.05) is 56.0 Å². The highest BCUT2D eigenvalue weighted by atomic mass is 32.2. The van der Waals surface area contributed by atoms with Gasteiger partial charge in [0, 0.05) is 45.8 Å². The topological polar surface area (TPSA) is 75.6 Å². The molecule has 2 aliphatic heterocycles. The molecule has 2 saturated heterocycles. The van der Waals surface area contributed by atoms with Crippen LogP contribution < -0.4 is 9.80 Å². The molecule has 0 radical (unpaired) electrons. The molecule has 138 valence electrons. The Balaban J connectivity index is 1.46. The number of anilines is 2. The van der Waals surface area contributed by atoms with Crippen molar-refractivity contribution in [1.82, 2.24) is 9.97 Å². The summed E-state index contributed by atoms with van der Waals surface area (Å²) in [5.74, 6) is 2.71. The van der Waals surface area contributed by atoms with E-state index in [0.717, 1.165) is 18.2 Å². The molecule has 1 saturated carbocycles. The zero-order valence-corrected chi connectivity index (χ0v) is 15.7. The van der Waals surface area contributed by atoms with Crippen molar-refractivity contribution in [3.05, 3.63) is 12.4 Å². The number of ether oxygens (including phenoxy) is 1. The first-order valence-electron chi connectivity index (χ1n) is 8.96. The average molecular weight is 366 g/mol. The minimum atomic E-state index is -3.08. The largest absolute Gasteiger partial charge is 0.381 e. The van der Waals surface area contributed by atoms with Crippen LogP contribution in [0.3, 0.4) is 0 Å². The molecule has 3 heterocycles. The summed E-state index contributed by atoms with van der Waals surface area (Å²) < 4.78 is 30.6. The Morgan fingerprint density at radius 3 is 2.68 bits per heavy atom. The van der Waals surface area contributed by atoms with E-state index in [0.29, 0.717) is 32.0 Å². The number of aromatic nitrogens is 2. The molecule has 1 atom stereocenters. The maximum absolute atomic E-state index is 12.7. The summed E-state index contributed by atoms with van der Waals surface area (Å²) in [6, 6.07) is 1.91. The molecular formula is C17H26N4O3S. The van der Waals surface area contributed by atoms with Crippen LogP contribution in [-0.2, 0) is 14.6 Å². The second kappa shape index (κ2) is 6.09. The maximum atomic E-state index is 12.7. The monoisotopic (exact) mass is 366 g/mol. The van der Waals surface area contributed by atoms with Crippen LogP contribution in [0, 0.1) is 11.8 Å². The smallest absolute Gasteiger partial charge is 0.159 e. The van der Waals surface area contributed by atoms with Crippen molar-refractivity contribution < 1.29 is 13.2 Å². The van der Waals surface area contributed by atoms with E-state index in [1.807, 2.05) is 30.0 Å². The Morgan fingerprint density at radius 2 is 2.00 bits per heavy atom. The molecule has 3 fully saturated rings. The predicted molar refractivity (Wildman–Crippen MR) is 96.7 cm³/mol. The van der Waals surface area contributed by atoms with Gasteiger partial charge in [-0.15, -0.1) is 0 Å². The standard InChI is InChI=1S/C17H26N4O3S/c1-20(2)15-7-16(19-12-18-15)21-10-17(11-21)14(5-6-25(17,22)23)9-24-8-13-3-4-13/h7,12-14H,3-6,8-11H2,1-2H3/t14-/m0/s1. The maximum Gasteiger partial charge on any atom is 0.159 e. The van der Waals surface area contributed by atoms with Crippen molar-refractivity contribution in [1.29, 1.82) is 0 Å². The molecule has 1 spiro atoms. The Morgan fingerprint density at radius 1 is 1.24 bits per heavy atom. The first kappa shape index (κ1) is 17.0. The number of rotatable bonds is 6. The molecule has 7 nitrogen and oxygen atoms in total. The third kappa shape index (κ3) is 2.99. The van der Waals surface area contributed by atoms with E-state index in [-0.39, 0.29) is 11.7 Å². The van der Waals surface area contributed by atoms with Gasteiger partial charge in [-0.05, 0) is 25.2 Å². The predicted octanol–water partition coefficient (Wildman–Crippen LogP) is 0.963. The van der Waals surface area contributed by atoms with Crippen LogP contribution in [0.15, 0.2) is 12.4 Å². The summed E-state index contributed by atoms with van der Waals surface area (Å²) >= 11 is 0. The molecule has 1 aromatic rings. The lowest BCUT2D eigenvalue weighted by Crippen LogP contribution is -2.68. The summed E-state index contributed by atoms with van der Waals surface area (Å²) in [6.45, 7) is 2.37. The van der Waals surface area contributed by atoms with E-state index in [2.05, 4.69) is 9.97 Å². The van der Waals surface area contributed by atoms with Crippen LogP contribution in [0.4, 0.5) is 11.6 Å². The van der Waals surface area contributed by atoms with Crippen molar-refractivity contribution in [3.8, 4) is 0 Å². The molecule has 0 bridgehead atoms. The van der Waals surface area contributed by atoms with Gasteiger partial charge >= 0.3 is 0 Å². The summed E-state index contributed by atoms with van der Waals surface area (Å²) in [7, 11) is 0.781. The fourth-order valence-corrected chi connectivity index (χ4v) is 6.29. The van der Waals surface area contributed by atoms with E-state index < -0.39 is 14.6 Å². The number of hydrogen-bond acceptors (Lipinski definition) is 7. The van der Waals surface area contributed by atoms with E-state index in [4.69, 9.17) is 4.74 Å². The van der Waals surface area contributed by atoms with Crippen molar-refractivity contribution >= 4 is 21.5 Å². The van der Waals surface area contributed by atoms with E-state index in [9.17, 15) is 8.42 Å². The second-order valence-electron chi connectivity index (χ2n) is 7.83. The van der Waals surface area contributed by atoms with Crippen LogP contribution >= 0.6 is 0 Å². The van der Waals surface area contributed by atoms with Crippen LogP contribution in [-0.4, -0.2) is 69.3 Å². The Bertz CT molecular complexity index is 742. The molecule has 3 aliphatic rings. The first-order valence-corrected chi connectivity index (χ1v) is 10.6.